The van der Waals surface area contributed by atoms with Crippen molar-refractivity contribution in [1.29, 1.82) is 0 Å². The molecule has 1 amide bonds. The summed E-state index contributed by atoms with van der Waals surface area (Å²) < 4.78 is 7.30. The van der Waals surface area contributed by atoms with Gasteiger partial charge in [-0.2, -0.15) is 0 Å². The highest BCUT2D eigenvalue weighted by molar-refractivity contribution is 5.92. The molecule has 0 spiro atoms. The number of rotatable bonds is 7. The van der Waals surface area contributed by atoms with Gasteiger partial charge >= 0.3 is 0 Å². The summed E-state index contributed by atoms with van der Waals surface area (Å²) in [4.78, 5) is 16.1. The summed E-state index contributed by atoms with van der Waals surface area (Å²) in [5.74, 6) is 0.0596. The first-order valence-corrected chi connectivity index (χ1v) is 8.23. The van der Waals surface area contributed by atoms with Gasteiger partial charge in [-0.25, -0.2) is 4.68 Å². The minimum atomic E-state index is -0.251. The zero-order chi connectivity index (χ0) is 18.4. The summed E-state index contributed by atoms with van der Waals surface area (Å²) in [5, 5.41) is 18.8. The largest absolute Gasteiger partial charge is 0.470 e. The van der Waals surface area contributed by atoms with Crippen LogP contribution in [0, 0.1) is 0 Å². The molecule has 0 saturated carbocycles. The van der Waals surface area contributed by atoms with E-state index in [1.165, 1.54) is 0 Å². The van der Waals surface area contributed by atoms with Crippen LogP contribution in [0.25, 0.3) is 11.4 Å². The van der Waals surface area contributed by atoms with Crippen molar-refractivity contribution in [2.75, 3.05) is 6.54 Å². The molecule has 0 fully saturated rings. The van der Waals surface area contributed by atoms with Crippen molar-refractivity contribution >= 4 is 5.91 Å². The average molecular weight is 353 g/mol. The van der Waals surface area contributed by atoms with Crippen LogP contribution in [0.3, 0.4) is 0 Å². The third-order valence-electron chi connectivity index (χ3n) is 3.62. The fourth-order valence-corrected chi connectivity index (χ4v) is 2.23. The third kappa shape index (κ3) is 4.00. The van der Waals surface area contributed by atoms with Gasteiger partial charge in [-0.15, -0.1) is 15.3 Å². The maximum Gasteiger partial charge on any atom is 0.271 e. The first-order valence-electron chi connectivity index (χ1n) is 8.23. The maximum absolute atomic E-state index is 11.8. The molecule has 134 valence electrons. The number of ether oxygens (including phenoxy) is 1. The van der Waals surface area contributed by atoms with Gasteiger partial charge in [-0.1, -0.05) is 18.2 Å². The lowest BCUT2D eigenvalue weighted by molar-refractivity contribution is 0.0947. The van der Waals surface area contributed by atoms with Crippen LogP contribution in [0.15, 0.2) is 36.5 Å². The van der Waals surface area contributed by atoms with Crippen LogP contribution in [0.5, 0.6) is 5.88 Å². The lowest BCUT2D eigenvalue weighted by Gasteiger charge is -2.07. The number of nitrogens with zero attached hydrogens (tertiary/aromatic N) is 6. The van der Waals surface area contributed by atoms with E-state index in [2.05, 4.69) is 30.8 Å². The molecule has 3 aromatic heterocycles. The summed E-state index contributed by atoms with van der Waals surface area (Å²) in [7, 11) is 1.78. The Labute approximate surface area is 150 Å². The van der Waals surface area contributed by atoms with Gasteiger partial charge in [-0.05, 0) is 24.6 Å². The third-order valence-corrected chi connectivity index (χ3v) is 3.62. The molecule has 0 atom stereocenters. The van der Waals surface area contributed by atoms with Gasteiger partial charge in [0.05, 0.1) is 5.69 Å². The highest BCUT2D eigenvalue weighted by Crippen LogP contribution is 2.19. The van der Waals surface area contributed by atoms with Crippen molar-refractivity contribution in [2.24, 2.45) is 7.05 Å². The first-order chi connectivity index (χ1) is 12.7. The molecule has 0 aromatic carbocycles. The van der Waals surface area contributed by atoms with E-state index in [0.29, 0.717) is 23.8 Å². The monoisotopic (exact) mass is 353 g/mol. The second-order valence-corrected chi connectivity index (χ2v) is 5.52. The van der Waals surface area contributed by atoms with Gasteiger partial charge in [0.2, 0.25) is 5.88 Å². The second kappa shape index (κ2) is 8.15. The molecule has 0 aliphatic rings. The summed E-state index contributed by atoms with van der Waals surface area (Å²) in [6.45, 7) is 2.78. The highest BCUT2D eigenvalue weighted by atomic mass is 16.5. The number of pyridine rings is 1. The Morgan fingerprint density at radius 2 is 2.08 bits per heavy atom. The molecule has 26 heavy (non-hydrogen) atoms. The minimum Gasteiger partial charge on any atom is -0.470 e. The highest BCUT2D eigenvalue weighted by Gasteiger charge is 2.15. The Hall–Kier alpha value is -3.36. The van der Waals surface area contributed by atoms with Gasteiger partial charge in [0.15, 0.2) is 5.69 Å². The number of carbonyl (C=O) groups excluding carboxylic acids is 1. The van der Waals surface area contributed by atoms with Crippen LogP contribution in [0.1, 0.15) is 29.5 Å². The van der Waals surface area contributed by atoms with Crippen molar-refractivity contribution in [1.82, 2.24) is 35.5 Å². The van der Waals surface area contributed by atoms with Crippen LogP contribution in [0.4, 0.5) is 0 Å². The van der Waals surface area contributed by atoms with Crippen LogP contribution in [0.2, 0.25) is 0 Å². The van der Waals surface area contributed by atoms with E-state index in [0.717, 1.165) is 12.1 Å². The predicted octanol–water partition coefficient (Wildman–Crippen LogP) is 1.39. The molecule has 0 bridgehead atoms. The Kier molecular flexibility index (Phi) is 5.47. The fourth-order valence-electron chi connectivity index (χ4n) is 2.23. The molecule has 9 nitrogen and oxygen atoms in total. The molecule has 0 unspecified atom stereocenters. The van der Waals surface area contributed by atoms with Crippen LogP contribution >= 0.6 is 0 Å². The van der Waals surface area contributed by atoms with Crippen molar-refractivity contribution < 1.29 is 9.53 Å². The topological polar surface area (TPSA) is 108 Å². The van der Waals surface area contributed by atoms with Gasteiger partial charge in [0, 0.05) is 25.9 Å². The maximum atomic E-state index is 11.8. The van der Waals surface area contributed by atoms with E-state index in [1.54, 1.807) is 30.1 Å². The predicted molar refractivity (Wildman–Crippen MR) is 93.2 cm³/mol. The van der Waals surface area contributed by atoms with Crippen LogP contribution < -0.4 is 10.1 Å². The molecular weight excluding hydrogens is 334 g/mol. The molecule has 1 N–H and O–H groups in total. The number of aromatic nitrogens is 6. The van der Waals surface area contributed by atoms with E-state index in [1.807, 2.05) is 25.1 Å². The summed E-state index contributed by atoms with van der Waals surface area (Å²) in [5.41, 5.74) is 2.38. The summed E-state index contributed by atoms with van der Waals surface area (Å²) >= 11 is 0. The number of carbonyl (C=O) groups is 1. The normalized spacial score (nSPS) is 10.5. The SMILES string of the molecule is CCCNC(=O)c1ccc(OCc2c(-c3ccccn3)nnn2C)nn1. The summed E-state index contributed by atoms with van der Waals surface area (Å²) in [6.07, 6.45) is 2.56. The first kappa shape index (κ1) is 17.5. The number of nitrogens with one attached hydrogen (secondary N) is 1. The van der Waals surface area contributed by atoms with E-state index >= 15 is 0 Å². The Bertz CT molecular complexity index is 863. The van der Waals surface area contributed by atoms with E-state index < -0.39 is 0 Å². The number of amides is 1. The van der Waals surface area contributed by atoms with E-state index in [9.17, 15) is 4.79 Å². The fraction of sp³-hybridized carbons (Fsp3) is 0.294. The lowest BCUT2D eigenvalue weighted by Crippen LogP contribution is -2.25. The molecule has 0 saturated heterocycles. The Balaban J connectivity index is 1.68. The van der Waals surface area contributed by atoms with Crippen molar-refractivity contribution in [3.8, 4) is 17.3 Å². The second-order valence-electron chi connectivity index (χ2n) is 5.52. The Morgan fingerprint density at radius 3 is 2.77 bits per heavy atom. The zero-order valence-corrected chi connectivity index (χ0v) is 14.6. The zero-order valence-electron chi connectivity index (χ0n) is 14.6. The molecule has 3 rings (SSSR count). The molecular formula is C17H19N7O2. The number of hydrogen-bond donors (Lipinski definition) is 1. The van der Waals surface area contributed by atoms with E-state index in [-0.39, 0.29) is 18.2 Å². The smallest absolute Gasteiger partial charge is 0.271 e. The minimum absolute atomic E-state index is 0.200. The number of hydrogen-bond acceptors (Lipinski definition) is 7. The van der Waals surface area contributed by atoms with Gasteiger partial charge in [-0.3, -0.25) is 9.78 Å². The van der Waals surface area contributed by atoms with Crippen LogP contribution in [-0.4, -0.2) is 42.6 Å². The molecule has 0 aliphatic heterocycles. The standard InChI is InChI=1S/C17H19N7O2/c1-3-9-19-17(25)13-7-8-15(21-20-13)26-11-14-16(22-23-24(14)2)12-6-4-5-10-18-12/h4-8,10H,3,9,11H2,1-2H3,(H,19,25). The molecule has 3 aromatic rings. The average Bonchev–Trinajstić information content (AvgIpc) is 3.06. The van der Waals surface area contributed by atoms with Crippen molar-refractivity contribution in [3.63, 3.8) is 0 Å². The lowest BCUT2D eigenvalue weighted by atomic mass is 10.2. The van der Waals surface area contributed by atoms with Gasteiger partial charge in [0.1, 0.15) is 18.0 Å². The summed E-state index contributed by atoms with van der Waals surface area (Å²) in [6, 6.07) is 8.77. The van der Waals surface area contributed by atoms with Gasteiger partial charge in [0.25, 0.3) is 5.91 Å². The molecule has 3 heterocycles. The van der Waals surface area contributed by atoms with E-state index in [4.69, 9.17) is 4.74 Å². The van der Waals surface area contributed by atoms with Gasteiger partial charge < -0.3 is 10.1 Å². The van der Waals surface area contributed by atoms with Crippen LogP contribution in [-0.2, 0) is 13.7 Å². The Morgan fingerprint density at radius 1 is 1.19 bits per heavy atom. The number of aryl methyl sites for hydroxylation is 1. The molecule has 9 heteroatoms. The quantitative estimate of drug-likeness (QED) is 0.684. The molecule has 0 radical (unpaired) electrons. The molecule has 0 aliphatic carbocycles. The van der Waals surface area contributed by atoms with Crippen molar-refractivity contribution in [3.05, 3.63) is 47.9 Å². The van der Waals surface area contributed by atoms with Crippen molar-refractivity contribution in [2.45, 2.75) is 20.0 Å².